The molecule has 0 aliphatic rings. The Hall–Kier alpha value is -1.93. The molecule has 0 amide bonds. The van der Waals surface area contributed by atoms with Crippen LogP contribution in [-0.2, 0) is 16.6 Å². The lowest BCUT2D eigenvalue weighted by molar-refractivity contribution is 0.578. The molecule has 1 aromatic heterocycles. The summed E-state index contributed by atoms with van der Waals surface area (Å²) >= 11 is 20.0. The minimum absolute atomic E-state index is 0.0370. The van der Waals surface area contributed by atoms with Crippen LogP contribution >= 0.6 is 46.1 Å². The van der Waals surface area contributed by atoms with Gasteiger partial charge in [-0.25, -0.2) is 17.5 Å². The van der Waals surface area contributed by atoms with E-state index < -0.39 is 15.8 Å². The van der Waals surface area contributed by atoms with E-state index in [2.05, 4.69) is 4.72 Å². The van der Waals surface area contributed by atoms with Crippen LogP contribution in [0.1, 0.15) is 4.88 Å². The van der Waals surface area contributed by atoms with E-state index in [-0.39, 0.29) is 11.4 Å². The van der Waals surface area contributed by atoms with E-state index in [1.807, 2.05) is 24.3 Å². The van der Waals surface area contributed by atoms with Crippen molar-refractivity contribution in [1.29, 1.82) is 0 Å². The Morgan fingerprint density at radius 3 is 2.25 bits per heavy atom. The predicted octanol–water partition coefficient (Wildman–Crippen LogP) is 7.66. The summed E-state index contributed by atoms with van der Waals surface area (Å²) in [7, 11) is -3.88. The topological polar surface area (TPSA) is 46.2 Å². The third-order valence-electron chi connectivity index (χ3n) is 4.66. The number of nitrogens with one attached hydrogen (secondary N) is 1. The molecule has 3 aromatic carbocycles. The van der Waals surface area contributed by atoms with Crippen molar-refractivity contribution in [1.82, 2.24) is 4.72 Å². The summed E-state index contributed by atoms with van der Waals surface area (Å²) < 4.78 is 41.2. The minimum Gasteiger partial charge on any atom is -0.207 e. The molecule has 0 saturated heterocycles. The third kappa shape index (κ3) is 5.17. The first-order valence-corrected chi connectivity index (χ1v) is 12.8. The molecule has 32 heavy (non-hydrogen) atoms. The van der Waals surface area contributed by atoms with E-state index in [1.54, 1.807) is 24.3 Å². The molecule has 0 saturated carbocycles. The maximum absolute atomic E-state index is 13.5. The summed E-state index contributed by atoms with van der Waals surface area (Å²) in [4.78, 5) is 1.50. The molecular formula is C23H15Cl3FNO2S2. The van der Waals surface area contributed by atoms with Crippen LogP contribution in [0.15, 0.2) is 77.7 Å². The maximum Gasteiger partial charge on any atom is 0.240 e. The van der Waals surface area contributed by atoms with Crippen molar-refractivity contribution in [3.05, 3.63) is 98.6 Å². The van der Waals surface area contributed by atoms with E-state index in [4.69, 9.17) is 34.8 Å². The molecule has 9 heteroatoms. The smallest absolute Gasteiger partial charge is 0.207 e. The Morgan fingerprint density at radius 2 is 1.56 bits per heavy atom. The summed E-state index contributed by atoms with van der Waals surface area (Å²) in [6, 6.07) is 19.4. The zero-order valence-corrected chi connectivity index (χ0v) is 20.2. The lowest BCUT2D eigenvalue weighted by Gasteiger charge is -2.07. The zero-order valence-electron chi connectivity index (χ0n) is 16.3. The Bertz CT molecular complexity index is 1390. The average molecular weight is 527 g/mol. The van der Waals surface area contributed by atoms with E-state index >= 15 is 0 Å². The van der Waals surface area contributed by atoms with Crippen molar-refractivity contribution in [2.24, 2.45) is 0 Å². The van der Waals surface area contributed by atoms with Crippen LogP contribution in [0.25, 0.3) is 21.6 Å². The van der Waals surface area contributed by atoms with Crippen LogP contribution in [0.2, 0.25) is 15.1 Å². The Morgan fingerprint density at radius 1 is 0.844 bits per heavy atom. The second kappa shape index (κ2) is 9.51. The van der Waals surface area contributed by atoms with Crippen molar-refractivity contribution >= 4 is 56.2 Å². The molecule has 0 fully saturated rings. The van der Waals surface area contributed by atoms with Crippen LogP contribution in [0, 0.1) is 5.82 Å². The fourth-order valence-corrected chi connectivity index (χ4v) is 6.10. The number of hydrogen-bond acceptors (Lipinski definition) is 3. The van der Waals surface area contributed by atoms with Gasteiger partial charge in [-0.15, -0.1) is 11.3 Å². The van der Waals surface area contributed by atoms with Gasteiger partial charge in [-0.3, -0.25) is 0 Å². The van der Waals surface area contributed by atoms with Gasteiger partial charge < -0.3 is 0 Å². The number of hydrogen-bond donors (Lipinski definition) is 1. The Balaban J connectivity index is 1.71. The number of sulfonamides is 1. The highest BCUT2D eigenvalue weighted by Crippen LogP contribution is 2.43. The van der Waals surface area contributed by atoms with Crippen LogP contribution in [0.3, 0.4) is 0 Å². The van der Waals surface area contributed by atoms with Crippen LogP contribution in [-0.4, -0.2) is 8.42 Å². The second-order valence-corrected chi connectivity index (χ2v) is 11.1. The van der Waals surface area contributed by atoms with Gasteiger partial charge in [0.2, 0.25) is 10.0 Å². The molecule has 1 N–H and O–H groups in total. The Labute approximate surface area is 204 Å². The number of benzene rings is 3. The molecule has 0 aliphatic carbocycles. The summed E-state index contributed by atoms with van der Waals surface area (Å²) in [5.74, 6) is -0.617. The van der Waals surface area contributed by atoms with Gasteiger partial charge in [0.05, 0.1) is 9.92 Å². The molecule has 0 radical (unpaired) electrons. The van der Waals surface area contributed by atoms with Gasteiger partial charge in [0.25, 0.3) is 0 Å². The molecule has 0 unspecified atom stereocenters. The third-order valence-corrected chi connectivity index (χ3v) is 8.02. The van der Waals surface area contributed by atoms with E-state index in [0.29, 0.717) is 15.1 Å². The van der Waals surface area contributed by atoms with E-state index in [9.17, 15) is 12.8 Å². The second-order valence-electron chi connectivity index (χ2n) is 6.87. The lowest BCUT2D eigenvalue weighted by Crippen LogP contribution is -2.22. The van der Waals surface area contributed by atoms with Gasteiger partial charge in [-0.1, -0.05) is 59.1 Å². The van der Waals surface area contributed by atoms with Gasteiger partial charge in [0.15, 0.2) is 0 Å². The first kappa shape index (κ1) is 23.2. The molecule has 4 aromatic rings. The summed E-state index contributed by atoms with van der Waals surface area (Å²) in [6.07, 6.45) is 0. The number of thiophene rings is 1. The molecule has 1 heterocycles. The molecular weight excluding hydrogens is 512 g/mol. The fraction of sp³-hybridized carbons (Fsp3) is 0.0435. The summed E-state index contributed by atoms with van der Waals surface area (Å²) in [6.45, 7) is 0.0370. The zero-order chi connectivity index (χ0) is 22.9. The van der Waals surface area contributed by atoms with E-state index in [0.717, 1.165) is 32.5 Å². The van der Waals surface area contributed by atoms with Crippen molar-refractivity contribution in [2.45, 2.75) is 11.4 Å². The highest BCUT2D eigenvalue weighted by Gasteiger charge is 2.19. The molecule has 0 spiro atoms. The summed E-state index contributed by atoms with van der Waals surface area (Å²) in [5, 5.41) is 1.62. The van der Waals surface area contributed by atoms with Gasteiger partial charge in [-0.05, 0) is 54.1 Å². The van der Waals surface area contributed by atoms with Gasteiger partial charge >= 0.3 is 0 Å². The van der Waals surface area contributed by atoms with Crippen LogP contribution in [0.4, 0.5) is 4.39 Å². The molecule has 164 valence electrons. The van der Waals surface area contributed by atoms with Gasteiger partial charge in [-0.2, -0.15) is 0 Å². The SMILES string of the molecule is O=S(=O)(NCc1cc(-c2ccc(Cl)cc2)c(-c2ccc(Cl)cc2Cl)s1)c1cccc(F)c1. The maximum atomic E-state index is 13.5. The van der Waals surface area contributed by atoms with Crippen molar-refractivity contribution in [3.8, 4) is 21.6 Å². The largest absolute Gasteiger partial charge is 0.240 e. The minimum atomic E-state index is -3.88. The standard InChI is InChI=1S/C23H15Cl3FNO2S2/c24-15-6-4-14(5-7-15)21-12-18(31-23(21)20-9-8-16(25)10-22(20)26)13-28-32(29,30)19-3-1-2-17(27)11-19/h1-12,28H,13H2. The fourth-order valence-electron chi connectivity index (χ4n) is 3.13. The quantitative estimate of drug-likeness (QED) is 0.280. The Kier molecular flexibility index (Phi) is 6.91. The molecule has 0 atom stereocenters. The van der Waals surface area contributed by atoms with Crippen LogP contribution in [0.5, 0.6) is 0 Å². The highest BCUT2D eigenvalue weighted by atomic mass is 35.5. The first-order valence-electron chi connectivity index (χ1n) is 9.32. The summed E-state index contributed by atoms with van der Waals surface area (Å²) in [5.41, 5.74) is 2.58. The molecule has 3 nitrogen and oxygen atoms in total. The van der Waals surface area contributed by atoms with Gasteiger partial charge in [0, 0.05) is 37.5 Å². The monoisotopic (exact) mass is 525 g/mol. The molecule has 4 rings (SSSR count). The lowest BCUT2D eigenvalue weighted by atomic mass is 10.0. The van der Waals surface area contributed by atoms with Crippen LogP contribution < -0.4 is 4.72 Å². The predicted molar refractivity (Wildman–Crippen MR) is 131 cm³/mol. The number of rotatable bonds is 6. The number of halogens is 4. The molecule has 0 bridgehead atoms. The normalized spacial score (nSPS) is 11.6. The van der Waals surface area contributed by atoms with Crippen molar-refractivity contribution in [3.63, 3.8) is 0 Å². The van der Waals surface area contributed by atoms with Crippen molar-refractivity contribution < 1.29 is 12.8 Å². The average Bonchev–Trinajstić information content (AvgIpc) is 3.17. The van der Waals surface area contributed by atoms with E-state index in [1.165, 1.54) is 29.5 Å². The van der Waals surface area contributed by atoms with Gasteiger partial charge in [0.1, 0.15) is 5.82 Å². The highest BCUT2D eigenvalue weighted by molar-refractivity contribution is 7.89. The first-order chi connectivity index (χ1) is 15.2. The molecule has 0 aliphatic heterocycles. The van der Waals surface area contributed by atoms with Crippen molar-refractivity contribution in [2.75, 3.05) is 0 Å².